The molecule has 3 atom stereocenters. The van der Waals surface area contributed by atoms with E-state index in [-0.39, 0.29) is 13.0 Å². The van der Waals surface area contributed by atoms with Crippen molar-refractivity contribution in [1.82, 2.24) is 0 Å². The second-order valence-corrected chi connectivity index (χ2v) is 16.3. The quantitative estimate of drug-likeness (QED) is 0.0235. The van der Waals surface area contributed by atoms with Gasteiger partial charge < -0.3 is 25.2 Å². The van der Waals surface area contributed by atoms with E-state index in [1.165, 1.54) is 116 Å². The van der Waals surface area contributed by atoms with Gasteiger partial charge >= 0.3 is 19.8 Å². The number of carboxylic acids is 1. The first kappa shape index (κ1) is 53.2. The Morgan fingerprint density at radius 1 is 0.582 bits per heavy atom. The summed E-state index contributed by atoms with van der Waals surface area (Å²) in [7, 11) is -4.62. The molecule has 11 heteroatoms. The van der Waals surface area contributed by atoms with E-state index in [4.69, 9.17) is 29.4 Å². The Morgan fingerprint density at radius 3 is 1.53 bits per heavy atom. The third kappa shape index (κ3) is 40.2. The number of allylic oxidation sites excluding steroid dienone is 6. The fourth-order valence-corrected chi connectivity index (χ4v) is 6.74. The maximum atomic E-state index is 12.6. The van der Waals surface area contributed by atoms with E-state index in [9.17, 15) is 19.0 Å². The van der Waals surface area contributed by atoms with Gasteiger partial charge in [0.2, 0.25) is 0 Å². The molecule has 0 aromatic rings. The lowest BCUT2D eigenvalue weighted by molar-refractivity contribution is -0.154. The zero-order valence-corrected chi connectivity index (χ0v) is 35.9. The smallest absolute Gasteiger partial charge is 0.472 e. The number of esters is 1. The van der Waals surface area contributed by atoms with Gasteiger partial charge in [0.15, 0.2) is 0 Å². The van der Waals surface area contributed by atoms with Crippen LogP contribution in [0.5, 0.6) is 0 Å². The Labute approximate surface area is 336 Å². The third-order valence-corrected chi connectivity index (χ3v) is 10.4. The van der Waals surface area contributed by atoms with Crippen LogP contribution in [0.1, 0.15) is 194 Å². The van der Waals surface area contributed by atoms with Crippen LogP contribution in [0.15, 0.2) is 36.5 Å². The topological polar surface area (TPSA) is 155 Å². The van der Waals surface area contributed by atoms with Crippen LogP contribution in [0, 0.1) is 0 Å². The van der Waals surface area contributed by atoms with Crippen LogP contribution >= 0.6 is 7.82 Å². The largest absolute Gasteiger partial charge is 0.480 e. The van der Waals surface area contributed by atoms with Crippen molar-refractivity contribution in [3.63, 3.8) is 0 Å². The van der Waals surface area contributed by atoms with Crippen LogP contribution in [-0.2, 0) is 32.7 Å². The SMILES string of the molecule is CCCCC/C=C\C/C=C\C/C=C\CCCCCCCCCOCC(COP(=O)(O)OCC(N)C(=O)O)OC(=O)CCCCCCCCCCCCCCC. The number of phosphoric acid groups is 1. The normalized spacial score (nSPS) is 14.3. The van der Waals surface area contributed by atoms with E-state index in [1.54, 1.807) is 0 Å². The standard InChI is InChI=1S/C44H82NO9P/c1-3-5-7-9-11-13-15-17-18-19-20-21-22-23-25-27-29-31-33-35-37-51-38-41(39-52-55(49,50)53-40-42(45)44(47)48)54-43(46)36-34-32-30-28-26-24-16-14-12-10-8-6-4-2/h11,13,17-18,20-21,41-42H,3-10,12,14-16,19,22-40,45H2,1-2H3,(H,47,48)(H,49,50)/b13-11-,18-17-,21-20-. The number of carboxylic acid groups (broad SMARTS) is 1. The lowest BCUT2D eigenvalue weighted by Crippen LogP contribution is -2.34. The van der Waals surface area contributed by atoms with Gasteiger partial charge in [-0.15, -0.1) is 0 Å². The second kappa shape index (κ2) is 40.4. The molecule has 0 aromatic heterocycles. The van der Waals surface area contributed by atoms with E-state index in [1.807, 2.05) is 0 Å². The first-order valence-electron chi connectivity index (χ1n) is 22.0. The van der Waals surface area contributed by atoms with Crippen LogP contribution in [0.3, 0.4) is 0 Å². The minimum absolute atomic E-state index is 0.0124. The molecule has 0 aliphatic heterocycles. The van der Waals surface area contributed by atoms with Crippen molar-refractivity contribution in [2.45, 2.75) is 206 Å². The number of hydrogen-bond donors (Lipinski definition) is 3. The molecule has 0 aliphatic carbocycles. The number of unbranched alkanes of at least 4 members (excludes halogenated alkanes) is 22. The molecule has 4 N–H and O–H groups in total. The van der Waals surface area contributed by atoms with Gasteiger partial charge in [-0.25, -0.2) is 4.57 Å². The molecule has 10 nitrogen and oxygen atoms in total. The molecule has 0 heterocycles. The lowest BCUT2D eigenvalue weighted by atomic mass is 10.0. The molecule has 322 valence electrons. The highest BCUT2D eigenvalue weighted by atomic mass is 31.2. The third-order valence-electron chi connectivity index (χ3n) is 9.42. The van der Waals surface area contributed by atoms with Crippen LogP contribution in [0.2, 0.25) is 0 Å². The molecule has 0 saturated carbocycles. The fraction of sp³-hybridized carbons (Fsp3) is 0.818. The number of phosphoric ester groups is 1. The predicted octanol–water partition coefficient (Wildman–Crippen LogP) is 12.1. The predicted molar refractivity (Wildman–Crippen MR) is 226 cm³/mol. The Morgan fingerprint density at radius 2 is 1.00 bits per heavy atom. The van der Waals surface area contributed by atoms with Crippen LogP contribution in [0.25, 0.3) is 0 Å². The molecular formula is C44H82NO9P. The summed E-state index contributed by atoms with van der Waals surface area (Å²) >= 11 is 0. The van der Waals surface area contributed by atoms with Gasteiger partial charge in [-0.05, 0) is 51.4 Å². The van der Waals surface area contributed by atoms with Crippen LogP contribution in [-0.4, -0.2) is 60.5 Å². The van der Waals surface area contributed by atoms with E-state index < -0.39 is 45.1 Å². The minimum atomic E-state index is -4.62. The van der Waals surface area contributed by atoms with E-state index in [0.29, 0.717) is 13.0 Å². The molecule has 0 saturated heterocycles. The number of carbonyl (C=O) groups excluding carboxylic acids is 1. The van der Waals surface area contributed by atoms with Crippen molar-refractivity contribution in [1.29, 1.82) is 0 Å². The Hall–Kier alpha value is -1.81. The van der Waals surface area contributed by atoms with E-state index in [0.717, 1.165) is 51.4 Å². The number of nitrogens with two attached hydrogens (primary N) is 1. The molecule has 0 spiro atoms. The van der Waals surface area contributed by atoms with Crippen molar-refractivity contribution in [2.75, 3.05) is 26.4 Å². The highest BCUT2D eigenvalue weighted by molar-refractivity contribution is 7.47. The Balaban J connectivity index is 4.22. The molecule has 0 aliphatic rings. The summed E-state index contributed by atoms with van der Waals surface area (Å²) in [6, 6.07) is -1.47. The molecule has 0 bridgehead atoms. The summed E-state index contributed by atoms with van der Waals surface area (Å²) in [6.07, 6.45) is 44.8. The molecule has 0 amide bonds. The average molecular weight is 800 g/mol. The second-order valence-electron chi connectivity index (χ2n) is 14.8. The maximum Gasteiger partial charge on any atom is 0.472 e. The number of ether oxygens (including phenoxy) is 2. The Bertz CT molecular complexity index is 1020. The van der Waals surface area contributed by atoms with Crippen molar-refractivity contribution >= 4 is 19.8 Å². The van der Waals surface area contributed by atoms with Gasteiger partial charge in [0, 0.05) is 13.0 Å². The van der Waals surface area contributed by atoms with Crippen LogP contribution < -0.4 is 5.73 Å². The zero-order chi connectivity index (χ0) is 40.5. The van der Waals surface area contributed by atoms with Gasteiger partial charge in [-0.2, -0.15) is 0 Å². The van der Waals surface area contributed by atoms with E-state index in [2.05, 4.69) is 50.3 Å². The van der Waals surface area contributed by atoms with Crippen molar-refractivity contribution in [3.05, 3.63) is 36.5 Å². The molecule has 0 aromatic carbocycles. The summed E-state index contributed by atoms with van der Waals surface area (Å²) in [5.74, 6) is -1.78. The summed E-state index contributed by atoms with van der Waals surface area (Å²) in [5.41, 5.74) is 5.35. The first-order chi connectivity index (χ1) is 26.7. The van der Waals surface area contributed by atoms with Gasteiger partial charge in [-0.3, -0.25) is 18.6 Å². The molecule has 0 fully saturated rings. The summed E-state index contributed by atoms with van der Waals surface area (Å²) in [6.45, 7) is 3.84. The van der Waals surface area contributed by atoms with Crippen molar-refractivity contribution in [2.24, 2.45) is 5.73 Å². The average Bonchev–Trinajstić information content (AvgIpc) is 3.16. The van der Waals surface area contributed by atoms with Gasteiger partial charge in [0.1, 0.15) is 12.1 Å². The van der Waals surface area contributed by atoms with Gasteiger partial charge in [-0.1, -0.05) is 172 Å². The number of hydrogen-bond acceptors (Lipinski definition) is 8. The summed E-state index contributed by atoms with van der Waals surface area (Å²) < 4.78 is 33.3. The molecule has 55 heavy (non-hydrogen) atoms. The molecule has 0 rings (SSSR count). The monoisotopic (exact) mass is 800 g/mol. The highest BCUT2D eigenvalue weighted by Crippen LogP contribution is 2.43. The van der Waals surface area contributed by atoms with E-state index >= 15 is 0 Å². The fourth-order valence-electron chi connectivity index (χ4n) is 5.96. The van der Waals surface area contributed by atoms with Crippen LogP contribution in [0.4, 0.5) is 0 Å². The molecular weight excluding hydrogens is 717 g/mol. The molecule has 0 radical (unpaired) electrons. The summed E-state index contributed by atoms with van der Waals surface area (Å²) in [5, 5.41) is 8.89. The minimum Gasteiger partial charge on any atom is -0.480 e. The maximum absolute atomic E-state index is 12.6. The number of aliphatic carboxylic acids is 1. The number of carbonyl (C=O) groups is 2. The zero-order valence-electron chi connectivity index (χ0n) is 35.0. The molecule has 3 unspecified atom stereocenters. The first-order valence-corrected chi connectivity index (χ1v) is 23.5. The lowest BCUT2D eigenvalue weighted by Gasteiger charge is -2.20. The highest BCUT2D eigenvalue weighted by Gasteiger charge is 2.27. The van der Waals surface area contributed by atoms with Crippen molar-refractivity contribution in [3.8, 4) is 0 Å². The number of rotatable bonds is 42. The Kier molecular flexibility index (Phi) is 39.1. The van der Waals surface area contributed by atoms with Crippen molar-refractivity contribution < 1.29 is 42.7 Å². The van der Waals surface area contributed by atoms with Gasteiger partial charge in [0.25, 0.3) is 0 Å². The van der Waals surface area contributed by atoms with Gasteiger partial charge in [0.05, 0.1) is 19.8 Å². The summed E-state index contributed by atoms with van der Waals surface area (Å²) in [4.78, 5) is 33.5.